The minimum absolute atomic E-state index is 0.252. The van der Waals surface area contributed by atoms with Gasteiger partial charge in [0.25, 0.3) is 0 Å². The first-order valence-corrected chi connectivity index (χ1v) is 9.31. The molecule has 0 N–H and O–H groups in total. The monoisotopic (exact) mass is 332 g/mol. The van der Waals surface area contributed by atoms with Crippen molar-refractivity contribution in [3.63, 3.8) is 0 Å². The normalized spacial score (nSPS) is 30.3. The summed E-state index contributed by atoms with van der Waals surface area (Å²) >= 11 is 0. The van der Waals surface area contributed by atoms with Crippen molar-refractivity contribution in [1.82, 2.24) is 4.90 Å². The maximum atomic E-state index is 12.8. The Labute approximate surface area is 146 Å². The maximum Gasteiger partial charge on any atom is 0.223 e. The van der Waals surface area contributed by atoms with Crippen LogP contribution in [0.1, 0.15) is 52.9 Å². The van der Waals surface area contributed by atoms with Gasteiger partial charge in [0.1, 0.15) is 0 Å². The number of rotatable bonds is 6. The second-order valence-corrected chi connectivity index (χ2v) is 7.82. The fourth-order valence-electron chi connectivity index (χ4n) is 4.47. The van der Waals surface area contributed by atoms with Crippen LogP contribution in [0, 0.1) is 35.0 Å². The third-order valence-electron chi connectivity index (χ3n) is 5.89. The van der Waals surface area contributed by atoms with E-state index in [1.807, 2.05) is 4.90 Å². The number of hydrogen-bond donors (Lipinski definition) is 0. The lowest BCUT2D eigenvalue weighted by molar-refractivity contribution is -0.133. The van der Waals surface area contributed by atoms with Gasteiger partial charge in [0, 0.05) is 26.5 Å². The third kappa shape index (κ3) is 4.39. The molecule has 0 aromatic rings. The molecule has 2 aliphatic rings. The lowest BCUT2D eigenvalue weighted by Crippen LogP contribution is -2.39. The van der Waals surface area contributed by atoms with Crippen LogP contribution in [0.5, 0.6) is 0 Å². The Kier molecular flexibility index (Phi) is 6.86. The van der Waals surface area contributed by atoms with Crippen LogP contribution in [-0.2, 0) is 9.53 Å². The van der Waals surface area contributed by atoms with Crippen molar-refractivity contribution in [2.45, 2.75) is 58.9 Å². The van der Waals surface area contributed by atoms with Crippen molar-refractivity contribution >= 4 is 5.91 Å². The van der Waals surface area contributed by atoms with Gasteiger partial charge in [-0.15, -0.1) is 0 Å². The van der Waals surface area contributed by atoms with Crippen molar-refractivity contribution in [1.29, 1.82) is 5.26 Å². The first kappa shape index (κ1) is 19.0. The first-order chi connectivity index (χ1) is 11.5. The number of carbonyl (C=O) groups excluding carboxylic acids is 1. The largest absolute Gasteiger partial charge is 0.383 e. The van der Waals surface area contributed by atoms with Crippen LogP contribution in [-0.4, -0.2) is 37.1 Å². The van der Waals surface area contributed by atoms with E-state index >= 15 is 0 Å². The predicted molar refractivity (Wildman–Crippen MR) is 95.1 cm³/mol. The molecular weight excluding hydrogens is 300 g/mol. The quantitative estimate of drug-likeness (QED) is 0.696. The van der Waals surface area contributed by atoms with E-state index in [1.54, 1.807) is 7.11 Å². The van der Waals surface area contributed by atoms with Gasteiger partial charge in [-0.3, -0.25) is 4.79 Å². The van der Waals surface area contributed by atoms with E-state index < -0.39 is 0 Å². The Morgan fingerprint density at radius 1 is 1.50 bits per heavy atom. The van der Waals surface area contributed by atoms with E-state index in [2.05, 4.69) is 32.9 Å². The fourth-order valence-corrected chi connectivity index (χ4v) is 4.47. The molecule has 0 saturated carbocycles. The summed E-state index contributed by atoms with van der Waals surface area (Å²) in [6, 6.07) is 2.58. The minimum atomic E-state index is 0.252. The van der Waals surface area contributed by atoms with Crippen molar-refractivity contribution in [3.8, 4) is 6.07 Å². The van der Waals surface area contributed by atoms with Gasteiger partial charge in [-0.2, -0.15) is 5.26 Å². The summed E-state index contributed by atoms with van der Waals surface area (Å²) in [5, 5.41) is 9.09. The number of methoxy groups -OCH3 is 1. The Morgan fingerprint density at radius 3 is 2.88 bits per heavy atom. The predicted octanol–water partition coefficient (Wildman–Crippen LogP) is 3.78. The van der Waals surface area contributed by atoms with Crippen molar-refractivity contribution in [2.75, 3.05) is 20.3 Å². The maximum absolute atomic E-state index is 12.8. The smallest absolute Gasteiger partial charge is 0.223 e. The number of ether oxygens (including phenoxy) is 1. The molecule has 0 aromatic heterocycles. The van der Waals surface area contributed by atoms with Crippen LogP contribution in [0.15, 0.2) is 11.6 Å². The van der Waals surface area contributed by atoms with Gasteiger partial charge in [0.15, 0.2) is 0 Å². The minimum Gasteiger partial charge on any atom is -0.383 e. The first-order valence-electron chi connectivity index (χ1n) is 9.31. The summed E-state index contributed by atoms with van der Waals surface area (Å²) in [5.41, 5.74) is 1.29. The number of amides is 1. The number of nitriles is 1. The summed E-state index contributed by atoms with van der Waals surface area (Å²) in [6.07, 6.45) is 6.62. The molecule has 1 saturated heterocycles. The number of hydrogen-bond acceptors (Lipinski definition) is 3. The van der Waals surface area contributed by atoms with Crippen molar-refractivity contribution < 1.29 is 9.53 Å². The zero-order chi connectivity index (χ0) is 17.7. The molecule has 0 bridgehead atoms. The van der Waals surface area contributed by atoms with Gasteiger partial charge in [-0.05, 0) is 49.9 Å². The van der Waals surface area contributed by atoms with E-state index in [0.717, 1.165) is 25.8 Å². The molecule has 1 fully saturated rings. The van der Waals surface area contributed by atoms with Gasteiger partial charge in [0.05, 0.1) is 18.7 Å². The molecule has 4 atom stereocenters. The highest BCUT2D eigenvalue weighted by molar-refractivity contribution is 5.77. The second kappa shape index (κ2) is 8.67. The molecule has 1 heterocycles. The zero-order valence-electron chi connectivity index (χ0n) is 15.6. The highest BCUT2D eigenvalue weighted by Crippen LogP contribution is 2.40. The molecule has 4 heteroatoms. The zero-order valence-corrected chi connectivity index (χ0v) is 15.6. The lowest BCUT2D eigenvalue weighted by atomic mass is 9.69. The van der Waals surface area contributed by atoms with E-state index in [9.17, 15) is 4.79 Å². The van der Waals surface area contributed by atoms with Gasteiger partial charge in [0.2, 0.25) is 5.91 Å². The molecule has 0 radical (unpaired) electrons. The molecule has 0 spiro atoms. The summed E-state index contributed by atoms with van der Waals surface area (Å²) < 4.78 is 5.27. The molecule has 4 nitrogen and oxygen atoms in total. The molecule has 4 unspecified atom stereocenters. The summed E-state index contributed by atoms with van der Waals surface area (Å²) in [7, 11) is 1.71. The van der Waals surface area contributed by atoms with Crippen LogP contribution in [0.3, 0.4) is 0 Å². The second-order valence-electron chi connectivity index (χ2n) is 7.82. The SMILES string of the molecule is COCC1CCCN1C(=O)CC1CC(C(C)C)C(CC#N)C=C1C. The fraction of sp³-hybridized carbons (Fsp3) is 0.800. The Balaban J connectivity index is 2.04. The molecule has 0 aromatic carbocycles. The summed E-state index contributed by atoms with van der Waals surface area (Å²) in [5.74, 6) is 1.98. The van der Waals surface area contributed by atoms with E-state index in [4.69, 9.17) is 10.00 Å². The molecule has 24 heavy (non-hydrogen) atoms. The number of nitrogens with zero attached hydrogens (tertiary/aromatic N) is 2. The Morgan fingerprint density at radius 2 is 2.25 bits per heavy atom. The van der Waals surface area contributed by atoms with Crippen LogP contribution >= 0.6 is 0 Å². The highest BCUT2D eigenvalue weighted by Gasteiger charge is 2.35. The average Bonchev–Trinajstić information content (AvgIpc) is 2.98. The third-order valence-corrected chi connectivity index (χ3v) is 5.89. The Hall–Kier alpha value is -1.34. The van der Waals surface area contributed by atoms with E-state index in [0.29, 0.717) is 43.1 Å². The average molecular weight is 332 g/mol. The van der Waals surface area contributed by atoms with E-state index in [1.165, 1.54) is 5.57 Å². The summed E-state index contributed by atoms with van der Waals surface area (Å²) in [4.78, 5) is 14.8. The molecular formula is C20H32N2O2. The number of likely N-dealkylation sites (tertiary alicyclic amines) is 1. The van der Waals surface area contributed by atoms with Crippen LogP contribution < -0.4 is 0 Å². The van der Waals surface area contributed by atoms with Crippen LogP contribution in [0.2, 0.25) is 0 Å². The van der Waals surface area contributed by atoms with Gasteiger partial charge >= 0.3 is 0 Å². The molecule has 1 aliphatic heterocycles. The molecule has 2 rings (SSSR count). The Bertz CT molecular complexity index is 506. The van der Waals surface area contributed by atoms with Crippen molar-refractivity contribution in [2.24, 2.45) is 23.7 Å². The van der Waals surface area contributed by atoms with E-state index in [-0.39, 0.29) is 11.9 Å². The molecule has 134 valence electrons. The highest BCUT2D eigenvalue weighted by atomic mass is 16.5. The van der Waals surface area contributed by atoms with Gasteiger partial charge in [-0.1, -0.05) is 25.5 Å². The van der Waals surface area contributed by atoms with Crippen molar-refractivity contribution in [3.05, 3.63) is 11.6 Å². The number of carbonyl (C=O) groups is 1. The van der Waals surface area contributed by atoms with Crippen LogP contribution in [0.25, 0.3) is 0 Å². The van der Waals surface area contributed by atoms with Gasteiger partial charge in [-0.25, -0.2) is 0 Å². The van der Waals surface area contributed by atoms with Gasteiger partial charge < -0.3 is 9.64 Å². The molecule has 1 aliphatic carbocycles. The van der Waals surface area contributed by atoms with Crippen LogP contribution in [0.4, 0.5) is 0 Å². The summed E-state index contributed by atoms with van der Waals surface area (Å²) in [6.45, 7) is 8.11. The topological polar surface area (TPSA) is 53.3 Å². The number of allylic oxidation sites excluding steroid dienone is 2. The standard InChI is InChI=1S/C20H32N2O2/c1-14(2)19-11-17(15(3)10-16(19)7-8-21)12-20(23)22-9-5-6-18(22)13-24-4/h10,14,16-19H,5-7,9,11-13H2,1-4H3. The lowest BCUT2D eigenvalue weighted by Gasteiger charge is -2.37. The molecule has 1 amide bonds.